The number of amides is 2. The first-order valence-electron chi connectivity index (χ1n) is 9.40. The SMILES string of the molecule is CCc1nc2ccc(C(=O)Nc3ccc(NC(C)=O)c(C)c3)cc2nc1CC. The average molecular weight is 376 g/mol. The van der Waals surface area contributed by atoms with Gasteiger partial charge in [0.2, 0.25) is 5.91 Å². The average Bonchev–Trinajstić information content (AvgIpc) is 2.68. The van der Waals surface area contributed by atoms with Crippen LogP contribution < -0.4 is 10.6 Å². The van der Waals surface area contributed by atoms with Crippen LogP contribution in [0.3, 0.4) is 0 Å². The molecule has 3 aromatic rings. The van der Waals surface area contributed by atoms with Crippen LogP contribution in [-0.2, 0) is 17.6 Å². The fraction of sp³-hybridized carbons (Fsp3) is 0.273. The molecule has 1 heterocycles. The number of aromatic nitrogens is 2. The number of hydrogen-bond donors (Lipinski definition) is 2. The summed E-state index contributed by atoms with van der Waals surface area (Å²) in [7, 11) is 0. The Bertz CT molecular complexity index is 1060. The molecule has 0 bridgehead atoms. The van der Waals surface area contributed by atoms with Crippen LogP contribution in [-0.4, -0.2) is 21.8 Å². The Labute approximate surface area is 164 Å². The summed E-state index contributed by atoms with van der Waals surface area (Å²) in [6.45, 7) is 7.46. The fourth-order valence-corrected chi connectivity index (χ4v) is 3.11. The van der Waals surface area contributed by atoms with Crippen molar-refractivity contribution in [2.24, 2.45) is 0 Å². The number of nitrogens with one attached hydrogen (secondary N) is 2. The second kappa shape index (κ2) is 8.17. The van der Waals surface area contributed by atoms with Gasteiger partial charge in [-0.1, -0.05) is 13.8 Å². The highest BCUT2D eigenvalue weighted by atomic mass is 16.2. The number of aryl methyl sites for hydroxylation is 3. The summed E-state index contributed by atoms with van der Waals surface area (Å²) in [4.78, 5) is 33.2. The van der Waals surface area contributed by atoms with Gasteiger partial charge in [-0.15, -0.1) is 0 Å². The van der Waals surface area contributed by atoms with E-state index in [4.69, 9.17) is 0 Å². The normalized spacial score (nSPS) is 10.7. The first-order valence-corrected chi connectivity index (χ1v) is 9.40. The van der Waals surface area contributed by atoms with E-state index in [2.05, 4.69) is 34.4 Å². The summed E-state index contributed by atoms with van der Waals surface area (Å²) < 4.78 is 0. The van der Waals surface area contributed by atoms with Gasteiger partial charge in [0.15, 0.2) is 0 Å². The molecular formula is C22H24N4O2. The Morgan fingerprint density at radius 2 is 1.57 bits per heavy atom. The molecule has 1 aromatic heterocycles. The number of rotatable bonds is 5. The van der Waals surface area contributed by atoms with Crippen molar-refractivity contribution in [2.45, 2.75) is 40.5 Å². The molecule has 0 aliphatic heterocycles. The van der Waals surface area contributed by atoms with Gasteiger partial charge in [0.1, 0.15) is 0 Å². The van der Waals surface area contributed by atoms with Crippen LogP contribution in [0.15, 0.2) is 36.4 Å². The van der Waals surface area contributed by atoms with Gasteiger partial charge >= 0.3 is 0 Å². The summed E-state index contributed by atoms with van der Waals surface area (Å²) in [6.07, 6.45) is 1.64. The van der Waals surface area contributed by atoms with Crippen LogP contribution in [0.2, 0.25) is 0 Å². The lowest BCUT2D eigenvalue weighted by molar-refractivity contribution is -0.114. The minimum absolute atomic E-state index is 0.130. The highest BCUT2D eigenvalue weighted by Crippen LogP contribution is 2.21. The minimum Gasteiger partial charge on any atom is -0.326 e. The maximum atomic E-state index is 12.7. The third kappa shape index (κ3) is 4.17. The summed E-state index contributed by atoms with van der Waals surface area (Å²) in [5, 5.41) is 5.65. The molecule has 6 heteroatoms. The largest absolute Gasteiger partial charge is 0.326 e. The first kappa shape index (κ1) is 19.5. The van der Waals surface area contributed by atoms with E-state index in [0.29, 0.717) is 11.3 Å². The van der Waals surface area contributed by atoms with Gasteiger partial charge in [0.05, 0.1) is 22.4 Å². The van der Waals surface area contributed by atoms with Crippen LogP contribution in [0.4, 0.5) is 11.4 Å². The molecule has 0 unspecified atom stereocenters. The predicted molar refractivity (Wildman–Crippen MR) is 112 cm³/mol. The molecule has 0 radical (unpaired) electrons. The number of carbonyl (C=O) groups is 2. The number of carbonyl (C=O) groups excluding carboxylic acids is 2. The Morgan fingerprint density at radius 1 is 0.893 bits per heavy atom. The fourth-order valence-electron chi connectivity index (χ4n) is 3.11. The van der Waals surface area contributed by atoms with Crippen molar-refractivity contribution in [1.29, 1.82) is 0 Å². The molecule has 0 atom stereocenters. The van der Waals surface area contributed by atoms with E-state index < -0.39 is 0 Å². The second-order valence-electron chi connectivity index (χ2n) is 6.69. The highest BCUT2D eigenvalue weighted by molar-refractivity contribution is 6.06. The molecule has 28 heavy (non-hydrogen) atoms. The lowest BCUT2D eigenvalue weighted by Gasteiger charge is -2.11. The van der Waals surface area contributed by atoms with Crippen LogP contribution in [0.25, 0.3) is 11.0 Å². The van der Waals surface area contributed by atoms with E-state index in [-0.39, 0.29) is 11.8 Å². The zero-order valence-electron chi connectivity index (χ0n) is 16.6. The van der Waals surface area contributed by atoms with Crippen molar-refractivity contribution < 1.29 is 9.59 Å². The Kier molecular flexibility index (Phi) is 5.68. The molecule has 0 spiro atoms. The van der Waals surface area contributed by atoms with Crippen LogP contribution >= 0.6 is 0 Å². The highest BCUT2D eigenvalue weighted by Gasteiger charge is 2.11. The third-order valence-electron chi connectivity index (χ3n) is 4.55. The molecule has 2 aromatic carbocycles. The van der Waals surface area contributed by atoms with Gasteiger partial charge in [0, 0.05) is 23.9 Å². The number of anilines is 2. The number of fused-ring (bicyclic) bond motifs is 1. The lowest BCUT2D eigenvalue weighted by Crippen LogP contribution is -2.13. The minimum atomic E-state index is -0.215. The van der Waals surface area contributed by atoms with E-state index in [9.17, 15) is 9.59 Å². The van der Waals surface area contributed by atoms with Crippen LogP contribution in [0.5, 0.6) is 0 Å². The predicted octanol–water partition coefficient (Wildman–Crippen LogP) is 4.27. The van der Waals surface area contributed by atoms with Crippen molar-refractivity contribution >= 4 is 34.2 Å². The number of benzene rings is 2. The summed E-state index contributed by atoms with van der Waals surface area (Å²) in [6, 6.07) is 10.7. The molecule has 0 aliphatic rings. The van der Waals surface area contributed by atoms with E-state index in [1.54, 1.807) is 24.3 Å². The van der Waals surface area contributed by atoms with Crippen LogP contribution in [0.1, 0.15) is 48.1 Å². The van der Waals surface area contributed by atoms with E-state index in [0.717, 1.165) is 46.5 Å². The van der Waals surface area contributed by atoms with Gasteiger partial charge in [-0.05, 0) is 61.7 Å². The lowest BCUT2D eigenvalue weighted by atomic mass is 10.1. The number of hydrogen-bond acceptors (Lipinski definition) is 4. The second-order valence-corrected chi connectivity index (χ2v) is 6.69. The quantitative estimate of drug-likeness (QED) is 0.696. The van der Waals surface area contributed by atoms with E-state index in [1.165, 1.54) is 6.92 Å². The summed E-state index contributed by atoms with van der Waals surface area (Å²) in [5.41, 5.74) is 6.27. The smallest absolute Gasteiger partial charge is 0.255 e. The molecule has 144 valence electrons. The van der Waals surface area contributed by atoms with Gasteiger partial charge in [0.25, 0.3) is 5.91 Å². The monoisotopic (exact) mass is 376 g/mol. The Hall–Kier alpha value is -3.28. The molecule has 0 saturated carbocycles. The third-order valence-corrected chi connectivity index (χ3v) is 4.55. The maximum absolute atomic E-state index is 12.7. The molecule has 2 amide bonds. The number of nitrogens with zero attached hydrogens (tertiary/aromatic N) is 2. The van der Waals surface area contributed by atoms with Crippen LogP contribution in [0, 0.1) is 6.92 Å². The van der Waals surface area contributed by atoms with Crippen molar-refractivity contribution in [3.8, 4) is 0 Å². The topological polar surface area (TPSA) is 84.0 Å². The summed E-state index contributed by atoms with van der Waals surface area (Å²) >= 11 is 0. The molecule has 3 rings (SSSR count). The molecular weight excluding hydrogens is 352 g/mol. The zero-order chi connectivity index (χ0) is 20.3. The van der Waals surface area contributed by atoms with Gasteiger partial charge in [-0.2, -0.15) is 0 Å². The first-order chi connectivity index (χ1) is 13.4. The maximum Gasteiger partial charge on any atom is 0.255 e. The van der Waals surface area contributed by atoms with Gasteiger partial charge < -0.3 is 10.6 Å². The van der Waals surface area contributed by atoms with E-state index in [1.807, 2.05) is 19.1 Å². The Balaban J connectivity index is 1.85. The van der Waals surface area contributed by atoms with Gasteiger partial charge in [-0.25, -0.2) is 9.97 Å². The van der Waals surface area contributed by atoms with Gasteiger partial charge in [-0.3, -0.25) is 9.59 Å². The van der Waals surface area contributed by atoms with Crippen molar-refractivity contribution in [3.05, 3.63) is 58.9 Å². The molecule has 2 N–H and O–H groups in total. The van der Waals surface area contributed by atoms with Crippen molar-refractivity contribution in [1.82, 2.24) is 9.97 Å². The zero-order valence-corrected chi connectivity index (χ0v) is 16.6. The van der Waals surface area contributed by atoms with Crippen molar-refractivity contribution in [2.75, 3.05) is 10.6 Å². The van der Waals surface area contributed by atoms with E-state index >= 15 is 0 Å². The summed E-state index contributed by atoms with van der Waals surface area (Å²) in [5.74, 6) is -0.345. The molecule has 6 nitrogen and oxygen atoms in total. The molecule has 0 saturated heterocycles. The molecule has 0 fully saturated rings. The molecule has 0 aliphatic carbocycles. The standard InChI is InChI=1S/C22H24N4O2/c1-5-17-18(6-2)26-21-12-15(7-9-20(21)25-17)22(28)24-16-8-10-19(13(3)11-16)23-14(4)27/h7-12H,5-6H2,1-4H3,(H,23,27)(H,24,28). The Morgan fingerprint density at radius 3 is 2.18 bits per heavy atom. The van der Waals surface area contributed by atoms with Crippen molar-refractivity contribution in [3.63, 3.8) is 0 Å².